The standard InChI is InChI=1S/C11H16N2OS/c1-12-8-11(5-3-6-11)10(14)13-9-4-2-7-15-9/h2,4,7,12H,3,5-6,8H2,1H3,(H,13,14). The maximum Gasteiger partial charge on any atom is 0.232 e. The van der Waals surface area contributed by atoms with Crippen molar-refractivity contribution in [1.82, 2.24) is 5.32 Å². The lowest BCUT2D eigenvalue weighted by Gasteiger charge is -2.39. The van der Waals surface area contributed by atoms with E-state index in [1.165, 1.54) is 6.42 Å². The minimum atomic E-state index is -0.154. The molecule has 3 nitrogen and oxygen atoms in total. The van der Waals surface area contributed by atoms with Crippen LogP contribution < -0.4 is 10.6 Å². The SMILES string of the molecule is CNCC1(C(=O)Nc2cccs2)CCC1. The first-order chi connectivity index (χ1) is 7.27. The van der Waals surface area contributed by atoms with Crippen LogP contribution in [0.2, 0.25) is 0 Å². The average Bonchev–Trinajstić information content (AvgIpc) is 2.63. The number of anilines is 1. The summed E-state index contributed by atoms with van der Waals surface area (Å²) in [5, 5.41) is 9.02. The van der Waals surface area contributed by atoms with Gasteiger partial charge in [0, 0.05) is 6.54 Å². The summed E-state index contributed by atoms with van der Waals surface area (Å²) in [5.74, 6) is 0.172. The molecule has 1 heterocycles. The molecule has 0 aliphatic heterocycles. The second-order valence-corrected chi connectivity index (χ2v) is 5.04. The first kappa shape index (κ1) is 10.6. The van der Waals surface area contributed by atoms with Gasteiger partial charge in [0.05, 0.1) is 10.4 Å². The molecule has 0 aromatic carbocycles. The number of amides is 1. The van der Waals surface area contributed by atoms with Crippen LogP contribution in [0.15, 0.2) is 17.5 Å². The fourth-order valence-corrected chi connectivity index (χ4v) is 2.63. The normalized spacial score (nSPS) is 18.2. The maximum absolute atomic E-state index is 12.1. The third-order valence-corrected chi connectivity index (χ3v) is 3.85. The molecule has 2 N–H and O–H groups in total. The van der Waals surface area contributed by atoms with Gasteiger partial charge >= 0.3 is 0 Å². The van der Waals surface area contributed by atoms with Crippen molar-refractivity contribution in [3.05, 3.63) is 17.5 Å². The number of carbonyl (C=O) groups excluding carboxylic acids is 1. The number of hydrogen-bond donors (Lipinski definition) is 2. The molecular formula is C11H16N2OS. The van der Waals surface area contributed by atoms with Gasteiger partial charge in [-0.05, 0) is 37.4 Å². The van der Waals surface area contributed by atoms with Crippen molar-refractivity contribution < 1.29 is 4.79 Å². The minimum absolute atomic E-state index is 0.154. The van der Waals surface area contributed by atoms with E-state index < -0.39 is 0 Å². The third-order valence-electron chi connectivity index (χ3n) is 3.07. The van der Waals surface area contributed by atoms with Crippen molar-refractivity contribution in [2.45, 2.75) is 19.3 Å². The molecule has 1 saturated carbocycles. The molecular weight excluding hydrogens is 208 g/mol. The molecule has 1 amide bonds. The fraction of sp³-hybridized carbons (Fsp3) is 0.545. The molecule has 0 saturated heterocycles. The molecule has 1 aromatic heterocycles. The van der Waals surface area contributed by atoms with Crippen molar-refractivity contribution in [1.29, 1.82) is 0 Å². The zero-order chi connectivity index (χ0) is 10.7. The van der Waals surface area contributed by atoms with Crippen LogP contribution in [-0.2, 0) is 4.79 Å². The molecule has 0 radical (unpaired) electrons. The van der Waals surface area contributed by atoms with Gasteiger partial charge in [0.1, 0.15) is 0 Å². The molecule has 0 spiro atoms. The van der Waals surface area contributed by atoms with Crippen molar-refractivity contribution >= 4 is 22.2 Å². The Kier molecular flexibility index (Phi) is 3.07. The Morgan fingerprint density at radius 3 is 2.87 bits per heavy atom. The first-order valence-electron chi connectivity index (χ1n) is 5.26. The van der Waals surface area contributed by atoms with Gasteiger partial charge < -0.3 is 10.6 Å². The molecule has 1 aromatic rings. The van der Waals surface area contributed by atoms with Crippen LogP contribution in [0.5, 0.6) is 0 Å². The summed E-state index contributed by atoms with van der Waals surface area (Å²) < 4.78 is 0. The Balaban J connectivity index is 2.00. The zero-order valence-electron chi connectivity index (χ0n) is 8.88. The van der Waals surface area contributed by atoms with Crippen LogP contribution in [0.3, 0.4) is 0 Å². The van der Waals surface area contributed by atoms with Crippen molar-refractivity contribution in [2.75, 3.05) is 18.9 Å². The van der Waals surface area contributed by atoms with E-state index in [4.69, 9.17) is 0 Å². The molecule has 15 heavy (non-hydrogen) atoms. The Bertz CT molecular complexity index is 330. The van der Waals surface area contributed by atoms with Crippen molar-refractivity contribution in [3.63, 3.8) is 0 Å². The van der Waals surface area contributed by atoms with E-state index in [2.05, 4.69) is 10.6 Å². The Labute approximate surface area is 93.9 Å². The summed E-state index contributed by atoms with van der Waals surface area (Å²) in [7, 11) is 1.90. The smallest absolute Gasteiger partial charge is 0.232 e. The monoisotopic (exact) mass is 224 g/mol. The molecule has 1 aliphatic carbocycles. The zero-order valence-corrected chi connectivity index (χ0v) is 9.69. The highest BCUT2D eigenvalue weighted by molar-refractivity contribution is 7.14. The van der Waals surface area contributed by atoms with Gasteiger partial charge in [-0.2, -0.15) is 0 Å². The van der Waals surface area contributed by atoms with Gasteiger partial charge in [0.15, 0.2) is 0 Å². The van der Waals surface area contributed by atoms with Crippen molar-refractivity contribution in [3.8, 4) is 0 Å². The highest BCUT2D eigenvalue weighted by atomic mass is 32.1. The van der Waals surface area contributed by atoms with Gasteiger partial charge in [0.25, 0.3) is 0 Å². The second kappa shape index (κ2) is 4.33. The highest BCUT2D eigenvalue weighted by Gasteiger charge is 2.43. The van der Waals surface area contributed by atoms with Gasteiger partial charge in [-0.25, -0.2) is 0 Å². The van der Waals surface area contributed by atoms with Crippen molar-refractivity contribution in [2.24, 2.45) is 5.41 Å². The number of thiophene rings is 1. The summed E-state index contributed by atoms with van der Waals surface area (Å²) in [5.41, 5.74) is -0.154. The lowest BCUT2D eigenvalue weighted by atomic mass is 9.68. The number of hydrogen-bond acceptors (Lipinski definition) is 3. The lowest BCUT2D eigenvalue weighted by molar-refractivity contribution is -0.129. The predicted octanol–water partition coefficient (Wildman–Crippen LogP) is 2.08. The summed E-state index contributed by atoms with van der Waals surface area (Å²) in [6, 6.07) is 3.89. The van der Waals surface area contributed by atoms with E-state index in [1.807, 2.05) is 24.6 Å². The Hall–Kier alpha value is -0.870. The number of rotatable bonds is 4. The van der Waals surface area contributed by atoms with Crippen LogP contribution in [0.4, 0.5) is 5.00 Å². The van der Waals surface area contributed by atoms with E-state index in [0.29, 0.717) is 0 Å². The third kappa shape index (κ3) is 2.06. The molecule has 82 valence electrons. The van der Waals surface area contributed by atoms with E-state index in [-0.39, 0.29) is 11.3 Å². The highest BCUT2D eigenvalue weighted by Crippen LogP contribution is 2.41. The van der Waals surface area contributed by atoms with E-state index in [9.17, 15) is 4.79 Å². The molecule has 1 aliphatic rings. The Morgan fingerprint density at radius 2 is 2.40 bits per heavy atom. The second-order valence-electron chi connectivity index (χ2n) is 4.10. The molecule has 0 bridgehead atoms. The topological polar surface area (TPSA) is 41.1 Å². The van der Waals surface area contributed by atoms with E-state index >= 15 is 0 Å². The lowest BCUT2D eigenvalue weighted by Crippen LogP contribution is -2.48. The van der Waals surface area contributed by atoms with Crippen LogP contribution in [0.25, 0.3) is 0 Å². The first-order valence-corrected chi connectivity index (χ1v) is 6.14. The van der Waals surface area contributed by atoms with Crippen LogP contribution in [0.1, 0.15) is 19.3 Å². The average molecular weight is 224 g/mol. The quantitative estimate of drug-likeness (QED) is 0.822. The minimum Gasteiger partial charge on any atom is -0.319 e. The van der Waals surface area contributed by atoms with Crippen LogP contribution in [-0.4, -0.2) is 19.5 Å². The fourth-order valence-electron chi connectivity index (χ4n) is 2.02. The maximum atomic E-state index is 12.1. The molecule has 2 rings (SSSR count). The summed E-state index contributed by atoms with van der Waals surface area (Å²) in [6.45, 7) is 0.782. The molecule has 4 heteroatoms. The molecule has 1 fully saturated rings. The largest absolute Gasteiger partial charge is 0.319 e. The predicted molar refractivity (Wildman–Crippen MR) is 63.2 cm³/mol. The van der Waals surface area contributed by atoms with Gasteiger partial charge in [-0.1, -0.05) is 6.42 Å². The molecule has 0 atom stereocenters. The Morgan fingerprint density at radius 1 is 1.60 bits per heavy atom. The summed E-state index contributed by atoms with van der Waals surface area (Å²) in [6.07, 6.45) is 3.18. The summed E-state index contributed by atoms with van der Waals surface area (Å²) in [4.78, 5) is 12.1. The van der Waals surface area contributed by atoms with Crippen LogP contribution in [0, 0.1) is 5.41 Å². The number of nitrogens with one attached hydrogen (secondary N) is 2. The number of carbonyl (C=O) groups is 1. The van der Waals surface area contributed by atoms with Gasteiger partial charge in [0.2, 0.25) is 5.91 Å². The molecule has 0 unspecified atom stereocenters. The summed E-state index contributed by atoms with van der Waals surface area (Å²) >= 11 is 1.57. The van der Waals surface area contributed by atoms with E-state index in [1.54, 1.807) is 11.3 Å². The van der Waals surface area contributed by atoms with Gasteiger partial charge in [-0.3, -0.25) is 4.79 Å². The van der Waals surface area contributed by atoms with E-state index in [0.717, 1.165) is 24.4 Å². The van der Waals surface area contributed by atoms with Gasteiger partial charge in [-0.15, -0.1) is 11.3 Å². The van der Waals surface area contributed by atoms with Crippen LogP contribution >= 0.6 is 11.3 Å².